The van der Waals surface area contributed by atoms with Crippen LogP contribution >= 0.6 is 11.3 Å². The Labute approximate surface area is 105 Å². The van der Waals surface area contributed by atoms with E-state index in [9.17, 15) is 5.11 Å². The number of aryl methyl sites for hydroxylation is 1. The first-order valence-corrected chi connectivity index (χ1v) is 6.46. The second-order valence-corrected chi connectivity index (χ2v) is 4.94. The fraction of sp³-hybridized carbons (Fsp3) is 0.308. The van der Waals surface area contributed by atoms with Crippen molar-refractivity contribution < 1.29 is 5.11 Å². The molecule has 0 aliphatic heterocycles. The van der Waals surface area contributed by atoms with Crippen LogP contribution in [0.2, 0.25) is 0 Å². The van der Waals surface area contributed by atoms with E-state index in [1.807, 2.05) is 36.6 Å². The Balaban J connectivity index is 2.08. The molecule has 90 valence electrons. The molecule has 0 saturated carbocycles. The Kier molecular flexibility index (Phi) is 3.76. The number of aliphatic hydroxyl groups excluding tert-OH is 1. The predicted octanol–water partition coefficient (Wildman–Crippen LogP) is 3.12. The van der Waals surface area contributed by atoms with Crippen LogP contribution in [0.1, 0.15) is 29.3 Å². The third kappa shape index (κ3) is 3.05. The summed E-state index contributed by atoms with van der Waals surface area (Å²) >= 11 is 1.65. The molecule has 1 heterocycles. The number of nitrogens with one attached hydrogen (secondary N) is 1. The van der Waals surface area contributed by atoms with Crippen LogP contribution in [-0.4, -0.2) is 10.1 Å². The van der Waals surface area contributed by atoms with E-state index in [-0.39, 0.29) is 0 Å². The van der Waals surface area contributed by atoms with Crippen LogP contribution in [0.25, 0.3) is 0 Å². The van der Waals surface area contributed by atoms with Gasteiger partial charge in [-0.1, -0.05) is 18.2 Å². The number of rotatable bonds is 4. The summed E-state index contributed by atoms with van der Waals surface area (Å²) in [6, 6.07) is 7.80. The standard InChI is InChI=1S/C13H16N2OS/c1-9-8-17-13(15-9)7-14-12-6-4-3-5-11(12)10(2)16/h3-6,8,10,14,16H,7H2,1-2H3. The molecule has 1 aromatic heterocycles. The summed E-state index contributed by atoms with van der Waals surface area (Å²) < 4.78 is 0. The highest BCUT2D eigenvalue weighted by Crippen LogP contribution is 2.23. The highest BCUT2D eigenvalue weighted by atomic mass is 32.1. The van der Waals surface area contributed by atoms with Gasteiger partial charge in [0.05, 0.1) is 12.6 Å². The van der Waals surface area contributed by atoms with Gasteiger partial charge in [0, 0.05) is 22.3 Å². The molecular weight excluding hydrogens is 232 g/mol. The van der Waals surface area contributed by atoms with Crippen molar-refractivity contribution in [3.8, 4) is 0 Å². The average Bonchev–Trinajstić information content (AvgIpc) is 2.73. The number of hydrogen-bond donors (Lipinski definition) is 2. The summed E-state index contributed by atoms with van der Waals surface area (Å²) in [6.45, 7) is 4.46. The molecule has 3 nitrogen and oxygen atoms in total. The van der Waals surface area contributed by atoms with Crippen molar-refractivity contribution in [2.24, 2.45) is 0 Å². The molecule has 1 unspecified atom stereocenters. The van der Waals surface area contributed by atoms with Gasteiger partial charge in [-0.25, -0.2) is 4.98 Å². The van der Waals surface area contributed by atoms with Crippen LogP contribution in [0.15, 0.2) is 29.6 Å². The van der Waals surface area contributed by atoms with E-state index in [4.69, 9.17) is 0 Å². The number of hydrogen-bond acceptors (Lipinski definition) is 4. The fourth-order valence-corrected chi connectivity index (χ4v) is 2.39. The van der Waals surface area contributed by atoms with Crippen LogP contribution in [0, 0.1) is 6.92 Å². The lowest BCUT2D eigenvalue weighted by molar-refractivity contribution is 0.200. The number of para-hydroxylation sites is 1. The molecular formula is C13H16N2OS. The van der Waals surface area contributed by atoms with Crippen LogP contribution in [-0.2, 0) is 6.54 Å². The highest BCUT2D eigenvalue weighted by molar-refractivity contribution is 7.09. The number of aliphatic hydroxyl groups is 1. The molecule has 2 rings (SSSR count). The van der Waals surface area contributed by atoms with Gasteiger partial charge in [0.1, 0.15) is 5.01 Å². The SMILES string of the molecule is Cc1csc(CNc2ccccc2C(C)O)n1. The van der Waals surface area contributed by atoms with E-state index in [0.717, 1.165) is 22.0 Å². The molecule has 0 aliphatic rings. The molecule has 2 aromatic rings. The van der Waals surface area contributed by atoms with Crippen LogP contribution in [0.3, 0.4) is 0 Å². The molecule has 0 spiro atoms. The van der Waals surface area contributed by atoms with Crippen molar-refractivity contribution in [1.82, 2.24) is 4.98 Å². The van der Waals surface area contributed by atoms with Crippen molar-refractivity contribution in [2.45, 2.75) is 26.5 Å². The van der Waals surface area contributed by atoms with Gasteiger partial charge in [-0.3, -0.25) is 0 Å². The lowest BCUT2D eigenvalue weighted by atomic mass is 10.1. The molecule has 1 aromatic carbocycles. The molecule has 0 fully saturated rings. The van der Waals surface area contributed by atoms with Crippen LogP contribution in [0.5, 0.6) is 0 Å². The van der Waals surface area contributed by atoms with Gasteiger partial charge >= 0.3 is 0 Å². The monoisotopic (exact) mass is 248 g/mol. The number of nitrogens with zero attached hydrogens (tertiary/aromatic N) is 1. The number of thiazole rings is 1. The predicted molar refractivity (Wildman–Crippen MR) is 71.3 cm³/mol. The first-order chi connectivity index (χ1) is 8.16. The van der Waals surface area contributed by atoms with Gasteiger partial charge in [0.15, 0.2) is 0 Å². The maximum Gasteiger partial charge on any atom is 0.112 e. The lowest BCUT2D eigenvalue weighted by Gasteiger charge is -2.12. The van der Waals surface area contributed by atoms with E-state index >= 15 is 0 Å². The Morgan fingerprint density at radius 1 is 1.41 bits per heavy atom. The van der Waals surface area contributed by atoms with E-state index in [2.05, 4.69) is 10.3 Å². The Morgan fingerprint density at radius 2 is 2.18 bits per heavy atom. The lowest BCUT2D eigenvalue weighted by Crippen LogP contribution is -2.03. The maximum atomic E-state index is 9.65. The fourth-order valence-electron chi connectivity index (χ4n) is 1.68. The number of anilines is 1. The Hall–Kier alpha value is -1.39. The second kappa shape index (κ2) is 5.29. The topological polar surface area (TPSA) is 45.1 Å². The largest absolute Gasteiger partial charge is 0.389 e. The smallest absolute Gasteiger partial charge is 0.112 e. The van der Waals surface area contributed by atoms with Crippen molar-refractivity contribution in [1.29, 1.82) is 0 Å². The summed E-state index contributed by atoms with van der Waals surface area (Å²) in [5.41, 5.74) is 2.94. The zero-order valence-electron chi connectivity index (χ0n) is 9.97. The van der Waals surface area contributed by atoms with Gasteiger partial charge in [0.2, 0.25) is 0 Å². The zero-order valence-corrected chi connectivity index (χ0v) is 10.8. The minimum Gasteiger partial charge on any atom is -0.389 e. The zero-order chi connectivity index (χ0) is 12.3. The van der Waals surface area contributed by atoms with Crippen LogP contribution in [0.4, 0.5) is 5.69 Å². The second-order valence-electron chi connectivity index (χ2n) is 4.00. The first-order valence-electron chi connectivity index (χ1n) is 5.58. The normalized spacial score (nSPS) is 12.4. The Bertz CT molecular complexity index is 494. The third-order valence-electron chi connectivity index (χ3n) is 2.51. The molecule has 2 N–H and O–H groups in total. The summed E-state index contributed by atoms with van der Waals surface area (Å²) in [5, 5.41) is 16.1. The van der Waals surface area contributed by atoms with E-state index in [0.29, 0.717) is 6.54 Å². The molecule has 1 atom stereocenters. The Morgan fingerprint density at radius 3 is 2.82 bits per heavy atom. The maximum absolute atomic E-state index is 9.65. The summed E-state index contributed by atoms with van der Waals surface area (Å²) in [7, 11) is 0. The van der Waals surface area contributed by atoms with Gasteiger partial charge < -0.3 is 10.4 Å². The minimum atomic E-state index is -0.461. The molecule has 4 heteroatoms. The molecule has 0 aliphatic carbocycles. The van der Waals surface area contributed by atoms with E-state index in [1.165, 1.54) is 0 Å². The van der Waals surface area contributed by atoms with Crippen LogP contribution < -0.4 is 5.32 Å². The quantitative estimate of drug-likeness (QED) is 0.873. The molecule has 0 radical (unpaired) electrons. The van der Waals surface area contributed by atoms with Gasteiger partial charge in [0.25, 0.3) is 0 Å². The average molecular weight is 248 g/mol. The van der Waals surface area contributed by atoms with Crippen molar-refractivity contribution in [3.63, 3.8) is 0 Å². The highest BCUT2D eigenvalue weighted by Gasteiger charge is 2.07. The first kappa shape index (κ1) is 12.1. The van der Waals surface area contributed by atoms with Gasteiger partial charge in [-0.15, -0.1) is 11.3 Å². The van der Waals surface area contributed by atoms with Crippen molar-refractivity contribution >= 4 is 17.0 Å². The van der Waals surface area contributed by atoms with E-state index < -0.39 is 6.10 Å². The molecule has 17 heavy (non-hydrogen) atoms. The molecule has 0 amide bonds. The van der Waals surface area contributed by atoms with Crippen molar-refractivity contribution in [2.75, 3.05) is 5.32 Å². The number of benzene rings is 1. The van der Waals surface area contributed by atoms with Crippen molar-refractivity contribution in [3.05, 3.63) is 45.9 Å². The molecule has 0 saturated heterocycles. The third-order valence-corrected chi connectivity index (χ3v) is 3.47. The summed E-state index contributed by atoms with van der Waals surface area (Å²) in [4.78, 5) is 4.39. The number of aromatic nitrogens is 1. The summed E-state index contributed by atoms with van der Waals surface area (Å²) in [6.07, 6.45) is -0.461. The summed E-state index contributed by atoms with van der Waals surface area (Å²) in [5.74, 6) is 0. The van der Waals surface area contributed by atoms with E-state index in [1.54, 1.807) is 18.3 Å². The van der Waals surface area contributed by atoms with Gasteiger partial charge in [-0.2, -0.15) is 0 Å². The van der Waals surface area contributed by atoms with Gasteiger partial charge in [-0.05, 0) is 19.9 Å². The molecule has 0 bridgehead atoms. The minimum absolute atomic E-state index is 0.461.